The third-order valence-corrected chi connectivity index (χ3v) is 13.3. The molecular weight excluding hydrogens is 851 g/mol. The van der Waals surface area contributed by atoms with Gasteiger partial charge in [0.1, 0.15) is 18.4 Å². The van der Waals surface area contributed by atoms with Crippen molar-refractivity contribution in [2.24, 2.45) is 24.6 Å². The number of nitrogens with zero attached hydrogens (tertiary/aromatic N) is 6. The smallest absolute Gasteiger partial charge is 0.312 e. The molecule has 21 nitrogen and oxygen atoms in total. The Morgan fingerprint density at radius 3 is 2.48 bits per heavy atom. The SMILES string of the molecule is CCOC(=O)C1CNC(NC2CCC(C(=O)N[C@@H](CCN)C(=O)N3CCN(c4ccc5c(c4)CN(C4CCC(=O)NC4=O)C5=O)CC3)CN2)CC1Nc1cccc(-c2ncn(C)n2)c1OC. The number of para-hydroxylation sites is 1. The number of carbonyl (C=O) groups excluding carboxylic acids is 6. The number of fused-ring (bicyclic) bond motifs is 1. The number of imide groups is 1. The van der Waals surface area contributed by atoms with Gasteiger partial charge in [0.25, 0.3) is 5.91 Å². The van der Waals surface area contributed by atoms with Crippen LogP contribution in [0, 0.1) is 11.8 Å². The molecule has 0 bridgehead atoms. The molecule has 0 saturated carbocycles. The van der Waals surface area contributed by atoms with Gasteiger partial charge in [0, 0.05) is 76.6 Å². The number of nitrogens with two attached hydrogens (primary N) is 1. The van der Waals surface area contributed by atoms with Crippen LogP contribution in [0.4, 0.5) is 11.4 Å². The zero-order valence-electron chi connectivity index (χ0n) is 37.7. The van der Waals surface area contributed by atoms with Crippen LogP contribution in [0.15, 0.2) is 42.7 Å². The highest BCUT2D eigenvalue weighted by molar-refractivity contribution is 6.05. The zero-order chi connectivity index (χ0) is 46.5. The predicted molar refractivity (Wildman–Crippen MR) is 241 cm³/mol. The Labute approximate surface area is 383 Å². The number of aromatic nitrogens is 3. The first-order valence-electron chi connectivity index (χ1n) is 22.9. The fraction of sp³-hybridized carbons (Fsp3) is 0.556. The Balaban J connectivity index is 0.817. The topological polar surface area (TPSA) is 260 Å². The van der Waals surface area contributed by atoms with Crippen molar-refractivity contribution in [2.45, 2.75) is 82.5 Å². The van der Waals surface area contributed by atoms with E-state index in [0.717, 1.165) is 16.8 Å². The van der Waals surface area contributed by atoms with Crippen molar-refractivity contribution in [1.82, 2.24) is 51.1 Å². The summed E-state index contributed by atoms with van der Waals surface area (Å²) in [6.45, 7) is 5.38. The van der Waals surface area contributed by atoms with Crippen LogP contribution in [-0.2, 0) is 42.3 Å². The molecule has 0 aliphatic carbocycles. The number of ether oxygens (including phenoxy) is 2. The predicted octanol–water partition coefficient (Wildman–Crippen LogP) is -0.371. The standard InChI is InChI=1S/C45H61N13O8/c1-4-66-45(64)31-23-48-37(21-34(31)50-32-7-5-6-30(39(32)65-3)40-49-25-55(2)54-40)52-36-12-8-26(22-47-36)41(60)51-33(14-15-46)44(63)57-18-16-56(17-19-57)28-9-10-29-27(20-28)24-58(43(29)62)35-11-13-38(59)53-42(35)61/h5-7,9-10,20,25-26,31,33-37,47-48,50,52H,4,8,11-19,21-24,46H2,1-3H3,(H,51,60)(H,53,59,61)/t26?,31?,33-,34?,35?,36?,37?/m0/s1. The van der Waals surface area contributed by atoms with Gasteiger partial charge in [0.15, 0.2) is 11.6 Å². The fourth-order valence-corrected chi connectivity index (χ4v) is 9.75. The number of rotatable bonds is 15. The fourth-order valence-electron chi connectivity index (χ4n) is 9.75. The average Bonchev–Trinajstić information content (AvgIpc) is 3.90. The molecule has 4 fully saturated rings. The molecule has 2 aromatic carbocycles. The van der Waals surface area contributed by atoms with Crippen LogP contribution in [0.2, 0.25) is 0 Å². The van der Waals surface area contributed by atoms with Gasteiger partial charge in [-0.25, -0.2) is 4.98 Å². The maximum Gasteiger partial charge on any atom is 0.312 e. The van der Waals surface area contributed by atoms with E-state index in [9.17, 15) is 28.8 Å². The van der Waals surface area contributed by atoms with Crippen molar-refractivity contribution >= 4 is 46.9 Å². The number of nitrogens with one attached hydrogen (secondary N) is 6. The van der Waals surface area contributed by atoms with Crippen molar-refractivity contribution < 1.29 is 38.2 Å². The molecule has 5 aliphatic heterocycles. The number of esters is 1. The molecule has 7 atom stereocenters. The lowest BCUT2D eigenvalue weighted by Crippen LogP contribution is -2.62. The summed E-state index contributed by atoms with van der Waals surface area (Å²) in [4.78, 5) is 88.0. The molecule has 0 spiro atoms. The largest absolute Gasteiger partial charge is 0.494 e. The van der Waals surface area contributed by atoms with E-state index < -0.39 is 23.9 Å². The van der Waals surface area contributed by atoms with E-state index in [0.29, 0.717) is 94.2 Å². The van der Waals surface area contributed by atoms with Crippen LogP contribution >= 0.6 is 0 Å². The third-order valence-electron chi connectivity index (χ3n) is 13.3. The number of hydrogen-bond acceptors (Lipinski definition) is 16. The van der Waals surface area contributed by atoms with Crippen LogP contribution in [0.1, 0.15) is 61.4 Å². The Kier molecular flexibility index (Phi) is 14.4. The monoisotopic (exact) mass is 911 g/mol. The van der Waals surface area contributed by atoms with Gasteiger partial charge in [0.2, 0.25) is 23.6 Å². The zero-order valence-corrected chi connectivity index (χ0v) is 37.7. The molecule has 5 aliphatic rings. The van der Waals surface area contributed by atoms with Crippen molar-refractivity contribution in [2.75, 3.05) is 69.7 Å². The van der Waals surface area contributed by atoms with Gasteiger partial charge in [-0.15, -0.1) is 0 Å². The van der Waals surface area contributed by atoms with Crippen molar-refractivity contribution in [3.63, 3.8) is 0 Å². The summed E-state index contributed by atoms with van der Waals surface area (Å²) in [6.07, 6.45) is 3.95. The second-order valence-electron chi connectivity index (χ2n) is 17.5. The normalized spacial score (nSPS) is 24.9. The highest BCUT2D eigenvalue weighted by Crippen LogP contribution is 2.37. The van der Waals surface area contributed by atoms with Gasteiger partial charge < -0.3 is 51.2 Å². The highest BCUT2D eigenvalue weighted by atomic mass is 16.5. The molecule has 21 heteroatoms. The first kappa shape index (κ1) is 46.4. The van der Waals surface area contributed by atoms with Gasteiger partial charge in [-0.05, 0) is 81.5 Å². The molecule has 0 radical (unpaired) electrons. The number of piperidine rings is 3. The summed E-state index contributed by atoms with van der Waals surface area (Å²) in [5, 5.41) is 24.0. The van der Waals surface area contributed by atoms with E-state index in [-0.39, 0.29) is 80.0 Å². The Morgan fingerprint density at radius 2 is 1.79 bits per heavy atom. The minimum Gasteiger partial charge on any atom is -0.494 e. The Bertz CT molecular complexity index is 2290. The summed E-state index contributed by atoms with van der Waals surface area (Å²) < 4.78 is 12.9. The maximum atomic E-state index is 13.9. The van der Waals surface area contributed by atoms with Gasteiger partial charge in [-0.2, -0.15) is 5.10 Å². The molecule has 8 N–H and O–H groups in total. The van der Waals surface area contributed by atoms with Crippen molar-refractivity contribution in [3.05, 3.63) is 53.9 Å². The first-order chi connectivity index (χ1) is 31.9. The van der Waals surface area contributed by atoms with Gasteiger partial charge >= 0.3 is 5.97 Å². The van der Waals surface area contributed by atoms with E-state index in [2.05, 4.69) is 46.9 Å². The van der Waals surface area contributed by atoms with Gasteiger partial charge in [-0.1, -0.05) is 6.07 Å². The number of aryl methyl sites for hydroxylation is 1. The molecule has 3 aromatic rings. The van der Waals surface area contributed by atoms with Crippen LogP contribution in [-0.4, -0.2) is 150 Å². The molecular formula is C45H61N13O8. The summed E-state index contributed by atoms with van der Waals surface area (Å²) in [7, 11) is 3.39. The molecule has 66 heavy (non-hydrogen) atoms. The van der Waals surface area contributed by atoms with Gasteiger partial charge in [-0.3, -0.25) is 44.1 Å². The van der Waals surface area contributed by atoms with Crippen LogP contribution in [0.5, 0.6) is 5.75 Å². The minimum atomic E-state index is -0.753. The minimum absolute atomic E-state index is 0.104. The van der Waals surface area contributed by atoms with Crippen LogP contribution in [0.25, 0.3) is 11.4 Å². The third kappa shape index (κ3) is 10.1. The molecule has 1 aromatic heterocycles. The number of hydrogen-bond donors (Lipinski definition) is 7. The number of amides is 5. The van der Waals surface area contributed by atoms with Crippen LogP contribution < -0.4 is 47.3 Å². The lowest BCUT2D eigenvalue weighted by molar-refractivity contribution is -0.149. The highest BCUT2D eigenvalue weighted by Gasteiger charge is 2.41. The molecule has 5 amide bonds. The number of piperazine rings is 1. The molecule has 8 rings (SSSR count). The Morgan fingerprint density at radius 1 is 0.985 bits per heavy atom. The molecule has 6 unspecified atom stereocenters. The van der Waals surface area contributed by atoms with E-state index in [4.69, 9.17) is 15.2 Å². The Hall–Kier alpha value is -6.16. The van der Waals surface area contributed by atoms with Crippen molar-refractivity contribution in [1.29, 1.82) is 0 Å². The second kappa shape index (κ2) is 20.6. The molecule has 6 heterocycles. The number of anilines is 2. The number of carbonyl (C=O) groups is 6. The van der Waals surface area contributed by atoms with E-state index >= 15 is 0 Å². The van der Waals surface area contributed by atoms with E-state index in [1.165, 1.54) is 4.90 Å². The van der Waals surface area contributed by atoms with E-state index in [1.54, 1.807) is 43.1 Å². The summed E-state index contributed by atoms with van der Waals surface area (Å²) in [5.41, 5.74) is 9.67. The van der Waals surface area contributed by atoms with Crippen LogP contribution in [0.3, 0.4) is 0 Å². The van der Waals surface area contributed by atoms with Crippen molar-refractivity contribution in [3.8, 4) is 17.1 Å². The summed E-state index contributed by atoms with van der Waals surface area (Å²) in [5.74, 6) is -1.37. The summed E-state index contributed by atoms with van der Waals surface area (Å²) in [6, 6.07) is 9.59. The van der Waals surface area contributed by atoms with Gasteiger partial charge in [0.05, 0.1) is 49.1 Å². The first-order valence-corrected chi connectivity index (χ1v) is 22.9. The molecule has 354 valence electrons. The second-order valence-corrected chi connectivity index (χ2v) is 17.5. The lowest BCUT2D eigenvalue weighted by atomic mass is 9.90. The maximum absolute atomic E-state index is 13.9. The van der Waals surface area contributed by atoms with E-state index in [1.807, 2.05) is 30.3 Å². The lowest BCUT2D eigenvalue weighted by Gasteiger charge is -2.40. The summed E-state index contributed by atoms with van der Waals surface area (Å²) >= 11 is 0. The quantitative estimate of drug-likeness (QED) is 0.0758. The molecule has 4 saturated heterocycles. The average molecular weight is 912 g/mol. The number of benzene rings is 2. The number of methoxy groups -OCH3 is 1.